The van der Waals surface area contributed by atoms with Gasteiger partial charge < -0.3 is 14.7 Å². The van der Waals surface area contributed by atoms with E-state index < -0.39 is 5.60 Å². The van der Waals surface area contributed by atoms with Gasteiger partial charge in [0.1, 0.15) is 11.4 Å². The molecule has 0 bridgehead atoms. The van der Waals surface area contributed by atoms with Crippen LogP contribution in [0.3, 0.4) is 0 Å². The van der Waals surface area contributed by atoms with Crippen molar-refractivity contribution in [2.75, 3.05) is 33.8 Å². The summed E-state index contributed by atoms with van der Waals surface area (Å²) in [5.74, 6) is 0.873. The number of carbonyl (C=O) groups is 1. The third-order valence-electron chi connectivity index (χ3n) is 4.93. The number of methoxy groups -OCH3 is 1. The van der Waals surface area contributed by atoms with Crippen LogP contribution in [0.1, 0.15) is 32.3 Å². The number of aliphatic hydroxyl groups is 1. The van der Waals surface area contributed by atoms with E-state index in [0.717, 1.165) is 30.7 Å². The molecule has 5 heteroatoms. The van der Waals surface area contributed by atoms with E-state index in [4.69, 9.17) is 4.74 Å². The molecule has 1 aromatic rings. The zero-order valence-corrected chi connectivity index (χ0v) is 14.6. The normalized spacial score (nSPS) is 21.0. The summed E-state index contributed by atoms with van der Waals surface area (Å²) < 4.78 is 5.18. The Morgan fingerprint density at radius 1 is 1.43 bits per heavy atom. The minimum atomic E-state index is -0.992. The second-order valence-corrected chi connectivity index (χ2v) is 6.41. The van der Waals surface area contributed by atoms with E-state index in [0.29, 0.717) is 13.1 Å². The summed E-state index contributed by atoms with van der Waals surface area (Å²) in [6, 6.07) is 7.47. The molecule has 1 saturated heterocycles. The van der Waals surface area contributed by atoms with Crippen molar-refractivity contribution in [3.8, 4) is 5.75 Å². The monoisotopic (exact) mass is 320 g/mol. The predicted octanol–water partition coefficient (Wildman–Crippen LogP) is 1.85. The number of amides is 1. The number of rotatable bonds is 6. The molecule has 2 rings (SSSR count). The van der Waals surface area contributed by atoms with Crippen LogP contribution < -0.4 is 4.74 Å². The molecule has 1 fully saturated rings. The molecule has 23 heavy (non-hydrogen) atoms. The van der Waals surface area contributed by atoms with Crippen LogP contribution in [0, 0.1) is 0 Å². The lowest BCUT2D eigenvalue weighted by atomic mass is 9.86. The molecule has 0 radical (unpaired) electrons. The first-order valence-corrected chi connectivity index (χ1v) is 8.25. The quantitative estimate of drug-likeness (QED) is 0.869. The van der Waals surface area contributed by atoms with Crippen molar-refractivity contribution in [2.24, 2.45) is 0 Å². The molecular weight excluding hydrogens is 292 g/mol. The smallest absolute Gasteiger partial charge is 0.236 e. The number of ether oxygens (including phenoxy) is 1. The fourth-order valence-corrected chi connectivity index (χ4v) is 3.24. The van der Waals surface area contributed by atoms with E-state index >= 15 is 0 Å². The van der Waals surface area contributed by atoms with Gasteiger partial charge in [0.05, 0.1) is 13.7 Å². The second-order valence-electron chi connectivity index (χ2n) is 6.41. The average Bonchev–Trinajstić information content (AvgIpc) is 3.03. The molecule has 1 aromatic carbocycles. The van der Waals surface area contributed by atoms with Gasteiger partial charge in [-0.25, -0.2) is 0 Å². The van der Waals surface area contributed by atoms with Gasteiger partial charge in [-0.1, -0.05) is 12.1 Å². The van der Waals surface area contributed by atoms with Crippen molar-refractivity contribution in [1.82, 2.24) is 9.80 Å². The number of likely N-dealkylation sites (tertiary alicyclic amines) is 1. The predicted molar refractivity (Wildman–Crippen MR) is 90.5 cm³/mol. The third kappa shape index (κ3) is 3.85. The average molecular weight is 320 g/mol. The lowest BCUT2D eigenvalue weighted by Crippen LogP contribution is -2.49. The fraction of sp³-hybridized carbons (Fsp3) is 0.611. The standard InChI is InChI=1S/C18H28N2O3/c1-5-19(3)17(21)13-20-12-6-7-16(20)18(2,22)14-8-10-15(23-4)11-9-14/h8-11,16,22H,5-7,12-13H2,1-4H3/t16-,18-/m0/s1. The van der Waals surface area contributed by atoms with E-state index in [1.807, 2.05) is 45.2 Å². The highest BCUT2D eigenvalue weighted by molar-refractivity contribution is 5.78. The summed E-state index contributed by atoms with van der Waals surface area (Å²) in [7, 11) is 3.44. The number of nitrogens with zero attached hydrogens (tertiary/aromatic N) is 2. The van der Waals surface area contributed by atoms with Gasteiger partial charge in [0.25, 0.3) is 0 Å². The molecule has 0 saturated carbocycles. The SMILES string of the molecule is CCN(C)C(=O)CN1CCC[C@H]1[C@@](C)(O)c1ccc(OC)cc1. The molecule has 0 aromatic heterocycles. The van der Waals surface area contributed by atoms with Crippen molar-refractivity contribution >= 4 is 5.91 Å². The highest BCUT2D eigenvalue weighted by Crippen LogP contribution is 2.35. The second kappa shape index (κ2) is 7.32. The van der Waals surface area contributed by atoms with Crippen LogP contribution in [-0.4, -0.2) is 60.6 Å². The Hall–Kier alpha value is -1.59. The van der Waals surface area contributed by atoms with Crippen molar-refractivity contribution in [3.63, 3.8) is 0 Å². The first kappa shape index (κ1) is 17.8. The first-order chi connectivity index (χ1) is 10.9. The Bertz CT molecular complexity index is 528. The number of carbonyl (C=O) groups excluding carboxylic acids is 1. The van der Waals surface area contributed by atoms with E-state index in [1.54, 1.807) is 12.0 Å². The zero-order chi connectivity index (χ0) is 17.0. The van der Waals surface area contributed by atoms with E-state index in [9.17, 15) is 9.90 Å². The van der Waals surface area contributed by atoms with Gasteiger partial charge in [0.2, 0.25) is 5.91 Å². The molecule has 0 spiro atoms. The molecule has 1 heterocycles. The summed E-state index contributed by atoms with van der Waals surface area (Å²) in [6.07, 6.45) is 1.89. The lowest BCUT2D eigenvalue weighted by molar-refractivity contribution is -0.132. The largest absolute Gasteiger partial charge is 0.497 e. The van der Waals surface area contributed by atoms with Gasteiger partial charge in [-0.3, -0.25) is 9.69 Å². The topological polar surface area (TPSA) is 53.0 Å². The Morgan fingerprint density at radius 2 is 2.09 bits per heavy atom. The Balaban J connectivity index is 2.14. The Labute approximate surface area is 138 Å². The van der Waals surface area contributed by atoms with Crippen molar-refractivity contribution < 1.29 is 14.6 Å². The van der Waals surface area contributed by atoms with Gasteiger partial charge in [-0.15, -0.1) is 0 Å². The van der Waals surface area contributed by atoms with Crippen molar-refractivity contribution in [1.29, 1.82) is 0 Å². The summed E-state index contributed by atoms with van der Waals surface area (Å²) in [4.78, 5) is 16.0. The zero-order valence-electron chi connectivity index (χ0n) is 14.6. The maximum Gasteiger partial charge on any atom is 0.236 e. The van der Waals surface area contributed by atoms with Crippen LogP contribution in [0.5, 0.6) is 5.75 Å². The van der Waals surface area contributed by atoms with Crippen LogP contribution in [-0.2, 0) is 10.4 Å². The number of hydrogen-bond donors (Lipinski definition) is 1. The van der Waals surface area contributed by atoms with E-state index in [2.05, 4.69) is 4.90 Å². The maximum absolute atomic E-state index is 12.2. The van der Waals surface area contributed by atoms with Gasteiger partial charge in [-0.05, 0) is 50.9 Å². The minimum absolute atomic E-state index is 0.0508. The molecule has 2 atom stereocenters. The molecule has 0 aliphatic carbocycles. The molecule has 1 aliphatic heterocycles. The summed E-state index contributed by atoms with van der Waals surface area (Å²) in [6.45, 7) is 5.71. The molecule has 1 N–H and O–H groups in total. The molecule has 0 unspecified atom stereocenters. The third-order valence-corrected chi connectivity index (χ3v) is 4.93. The Kier molecular flexibility index (Phi) is 5.65. The fourth-order valence-electron chi connectivity index (χ4n) is 3.24. The van der Waals surface area contributed by atoms with Gasteiger partial charge in [0, 0.05) is 19.6 Å². The first-order valence-electron chi connectivity index (χ1n) is 8.25. The van der Waals surface area contributed by atoms with E-state index in [-0.39, 0.29) is 11.9 Å². The number of likely N-dealkylation sites (N-methyl/N-ethyl adjacent to an activating group) is 1. The molecule has 5 nitrogen and oxygen atoms in total. The van der Waals surface area contributed by atoms with Crippen molar-refractivity contribution in [2.45, 2.75) is 38.3 Å². The van der Waals surface area contributed by atoms with Crippen molar-refractivity contribution in [3.05, 3.63) is 29.8 Å². The highest BCUT2D eigenvalue weighted by Gasteiger charge is 2.41. The van der Waals surface area contributed by atoms with Gasteiger partial charge >= 0.3 is 0 Å². The van der Waals surface area contributed by atoms with Gasteiger partial charge in [-0.2, -0.15) is 0 Å². The van der Waals surface area contributed by atoms with Crippen LogP contribution in [0.25, 0.3) is 0 Å². The lowest BCUT2D eigenvalue weighted by Gasteiger charge is -2.37. The number of benzene rings is 1. The Morgan fingerprint density at radius 3 is 2.65 bits per heavy atom. The molecular formula is C18H28N2O3. The molecule has 128 valence electrons. The summed E-state index contributed by atoms with van der Waals surface area (Å²) >= 11 is 0. The maximum atomic E-state index is 12.2. The summed E-state index contributed by atoms with van der Waals surface area (Å²) in [5.41, 5.74) is -0.139. The molecule has 1 amide bonds. The van der Waals surface area contributed by atoms with Gasteiger partial charge in [0.15, 0.2) is 0 Å². The van der Waals surface area contributed by atoms with Crippen LogP contribution in [0.4, 0.5) is 0 Å². The van der Waals surface area contributed by atoms with E-state index in [1.165, 1.54) is 0 Å². The molecule has 1 aliphatic rings. The number of hydrogen-bond acceptors (Lipinski definition) is 4. The van der Waals surface area contributed by atoms with Crippen LogP contribution >= 0.6 is 0 Å². The van der Waals surface area contributed by atoms with Crippen LogP contribution in [0.2, 0.25) is 0 Å². The minimum Gasteiger partial charge on any atom is -0.497 e. The van der Waals surface area contributed by atoms with Crippen LogP contribution in [0.15, 0.2) is 24.3 Å². The summed E-state index contributed by atoms with van der Waals surface area (Å²) in [5, 5.41) is 11.1. The highest BCUT2D eigenvalue weighted by atomic mass is 16.5.